The molecule has 1 aromatic heterocycles. The van der Waals surface area contributed by atoms with E-state index < -0.39 is 5.97 Å². The number of hydrogen-bond donors (Lipinski definition) is 2. The van der Waals surface area contributed by atoms with Crippen molar-refractivity contribution >= 4 is 39.8 Å². The van der Waals surface area contributed by atoms with Gasteiger partial charge in [0.2, 0.25) is 11.8 Å². The summed E-state index contributed by atoms with van der Waals surface area (Å²) in [6.07, 6.45) is 3.10. The van der Waals surface area contributed by atoms with Crippen molar-refractivity contribution in [2.45, 2.75) is 59.4 Å². The average molecular weight is 472 g/mol. The van der Waals surface area contributed by atoms with Crippen LogP contribution in [0.3, 0.4) is 0 Å². The minimum atomic E-state index is -0.425. The van der Waals surface area contributed by atoms with Crippen molar-refractivity contribution in [3.63, 3.8) is 0 Å². The van der Waals surface area contributed by atoms with Gasteiger partial charge >= 0.3 is 5.97 Å². The topological polar surface area (TPSA) is 87.7 Å². The Morgan fingerprint density at radius 3 is 2.52 bits per heavy atom. The van der Waals surface area contributed by atoms with Crippen molar-refractivity contribution in [3.05, 3.63) is 45.8 Å². The van der Waals surface area contributed by atoms with Crippen LogP contribution in [0, 0.1) is 13.8 Å². The maximum atomic E-state index is 12.7. The van der Waals surface area contributed by atoms with Crippen LogP contribution in [0.2, 0.25) is 0 Å². The molecule has 1 heterocycles. The molecule has 7 nitrogen and oxygen atoms in total. The van der Waals surface area contributed by atoms with Gasteiger partial charge in [-0.3, -0.25) is 14.5 Å². The van der Waals surface area contributed by atoms with E-state index in [0.29, 0.717) is 23.2 Å². The van der Waals surface area contributed by atoms with E-state index in [2.05, 4.69) is 15.5 Å². The molecule has 0 radical (unpaired) electrons. The van der Waals surface area contributed by atoms with E-state index in [4.69, 9.17) is 4.74 Å². The van der Waals surface area contributed by atoms with Crippen molar-refractivity contribution in [2.24, 2.45) is 0 Å². The SMILES string of the molecule is CCOC(=O)c1cc(CC)sc1NC(=O)CCN(CC(=O)Nc1cc(C)ccc1C)C1CC1. The Hall–Kier alpha value is -2.71. The summed E-state index contributed by atoms with van der Waals surface area (Å²) in [6.45, 7) is 8.74. The second-order valence-corrected chi connectivity index (χ2v) is 9.53. The molecule has 1 aliphatic rings. The third-order valence-electron chi connectivity index (χ3n) is 5.58. The molecule has 0 atom stereocenters. The van der Waals surface area contributed by atoms with Crippen LogP contribution in [0.1, 0.15) is 59.5 Å². The largest absolute Gasteiger partial charge is 0.462 e. The number of thiophene rings is 1. The maximum Gasteiger partial charge on any atom is 0.341 e. The Morgan fingerprint density at radius 1 is 1.09 bits per heavy atom. The normalized spacial score (nSPS) is 13.1. The average Bonchev–Trinajstić information content (AvgIpc) is 3.54. The first-order valence-corrected chi connectivity index (χ1v) is 12.3. The summed E-state index contributed by atoms with van der Waals surface area (Å²) in [5.74, 6) is -0.677. The zero-order valence-corrected chi connectivity index (χ0v) is 20.6. The number of nitrogens with zero attached hydrogens (tertiary/aromatic N) is 1. The van der Waals surface area contributed by atoms with Crippen molar-refractivity contribution < 1.29 is 19.1 Å². The van der Waals surface area contributed by atoms with E-state index in [1.165, 1.54) is 11.3 Å². The predicted molar refractivity (Wildman–Crippen MR) is 132 cm³/mol. The van der Waals surface area contributed by atoms with E-state index in [1.54, 1.807) is 13.0 Å². The molecule has 8 heteroatoms. The molecule has 0 unspecified atom stereocenters. The standard InChI is InChI=1S/C25H33N3O4S/c1-5-19-14-20(25(31)32-6-2)24(33-19)27-22(29)11-12-28(18-9-10-18)15-23(30)26-21-13-16(3)7-8-17(21)4/h7-8,13-14,18H,5-6,9-12,15H2,1-4H3,(H,26,30)(H,27,29). The lowest BCUT2D eigenvalue weighted by Crippen LogP contribution is -2.37. The van der Waals surface area contributed by atoms with Gasteiger partial charge in [-0.2, -0.15) is 0 Å². The van der Waals surface area contributed by atoms with E-state index in [1.807, 2.05) is 39.0 Å². The highest BCUT2D eigenvalue weighted by atomic mass is 32.1. The Kier molecular flexibility index (Phi) is 8.63. The zero-order chi connectivity index (χ0) is 24.0. The summed E-state index contributed by atoms with van der Waals surface area (Å²) >= 11 is 1.40. The molecule has 33 heavy (non-hydrogen) atoms. The molecule has 0 saturated heterocycles. The van der Waals surface area contributed by atoms with Gasteiger partial charge in [0, 0.05) is 29.6 Å². The molecule has 0 spiro atoms. The summed E-state index contributed by atoms with van der Waals surface area (Å²) < 4.78 is 5.12. The number of hydrogen-bond acceptors (Lipinski definition) is 6. The highest BCUT2D eigenvalue weighted by molar-refractivity contribution is 7.16. The quantitative estimate of drug-likeness (QED) is 0.470. The van der Waals surface area contributed by atoms with E-state index in [-0.39, 0.29) is 31.4 Å². The van der Waals surface area contributed by atoms with Gasteiger partial charge in [0.25, 0.3) is 0 Å². The van der Waals surface area contributed by atoms with Crippen LogP contribution in [-0.2, 0) is 20.7 Å². The second-order valence-electron chi connectivity index (χ2n) is 8.40. The van der Waals surface area contributed by atoms with Crippen molar-refractivity contribution in [1.82, 2.24) is 4.90 Å². The van der Waals surface area contributed by atoms with Crippen molar-refractivity contribution in [1.29, 1.82) is 0 Å². The first kappa shape index (κ1) is 24.9. The first-order valence-electron chi connectivity index (χ1n) is 11.5. The number of nitrogens with one attached hydrogen (secondary N) is 2. The van der Waals surface area contributed by atoms with Gasteiger partial charge < -0.3 is 15.4 Å². The molecule has 1 aromatic carbocycles. The lowest BCUT2D eigenvalue weighted by atomic mass is 10.1. The van der Waals surface area contributed by atoms with Gasteiger partial charge in [0.1, 0.15) is 5.00 Å². The number of rotatable bonds is 11. The molecule has 2 aromatic rings. The van der Waals surface area contributed by atoms with E-state index >= 15 is 0 Å². The summed E-state index contributed by atoms with van der Waals surface area (Å²) in [5, 5.41) is 6.41. The summed E-state index contributed by atoms with van der Waals surface area (Å²) in [7, 11) is 0. The second kappa shape index (κ2) is 11.4. The Balaban J connectivity index is 1.57. The van der Waals surface area contributed by atoms with Gasteiger partial charge in [-0.15, -0.1) is 11.3 Å². The molecular weight excluding hydrogens is 438 g/mol. The van der Waals surface area contributed by atoms with Crippen molar-refractivity contribution in [3.8, 4) is 0 Å². The highest BCUT2D eigenvalue weighted by Gasteiger charge is 2.30. The van der Waals surface area contributed by atoms with E-state index in [9.17, 15) is 14.4 Å². The Morgan fingerprint density at radius 2 is 1.85 bits per heavy atom. The van der Waals surface area contributed by atoms with Crippen LogP contribution in [-0.4, -0.2) is 48.4 Å². The summed E-state index contributed by atoms with van der Waals surface area (Å²) in [6, 6.07) is 8.10. The number of amides is 2. The van der Waals surface area contributed by atoms with E-state index in [0.717, 1.165) is 41.0 Å². The van der Waals surface area contributed by atoms with Gasteiger partial charge in [0.15, 0.2) is 0 Å². The Labute approximate surface area is 199 Å². The fourth-order valence-electron chi connectivity index (χ4n) is 3.58. The lowest BCUT2D eigenvalue weighted by Gasteiger charge is -2.21. The molecule has 3 rings (SSSR count). The maximum absolute atomic E-state index is 12.7. The van der Waals surface area contributed by atoms with Crippen LogP contribution in [0.5, 0.6) is 0 Å². The summed E-state index contributed by atoms with van der Waals surface area (Å²) in [4.78, 5) is 40.6. The van der Waals surface area contributed by atoms with Crippen LogP contribution in [0.15, 0.2) is 24.3 Å². The minimum absolute atomic E-state index is 0.0774. The molecule has 1 aliphatic carbocycles. The fraction of sp³-hybridized carbons (Fsp3) is 0.480. The predicted octanol–water partition coefficient (Wildman–Crippen LogP) is 4.54. The lowest BCUT2D eigenvalue weighted by molar-refractivity contribution is -0.119. The minimum Gasteiger partial charge on any atom is -0.462 e. The molecule has 178 valence electrons. The number of aryl methyl sites for hydroxylation is 3. The third kappa shape index (κ3) is 7.14. The van der Waals surface area contributed by atoms with Crippen LogP contribution >= 0.6 is 11.3 Å². The number of carbonyl (C=O) groups excluding carboxylic acids is 3. The molecular formula is C25H33N3O4S. The number of esters is 1. The number of ether oxygens (including phenoxy) is 1. The number of anilines is 2. The Bertz CT molecular complexity index is 1010. The summed E-state index contributed by atoms with van der Waals surface area (Å²) in [5.41, 5.74) is 3.34. The number of carbonyl (C=O) groups is 3. The molecule has 0 aliphatic heterocycles. The van der Waals surface area contributed by atoms with Crippen molar-refractivity contribution in [2.75, 3.05) is 30.3 Å². The fourth-order valence-corrected chi connectivity index (χ4v) is 4.58. The van der Waals surface area contributed by atoms with Gasteiger partial charge in [-0.25, -0.2) is 4.79 Å². The molecule has 0 bridgehead atoms. The third-order valence-corrected chi connectivity index (χ3v) is 6.78. The number of benzene rings is 1. The van der Waals surface area contributed by atoms with Gasteiger partial charge in [-0.1, -0.05) is 19.1 Å². The van der Waals surface area contributed by atoms with Crippen LogP contribution in [0.4, 0.5) is 10.7 Å². The first-order chi connectivity index (χ1) is 15.8. The monoisotopic (exact) mass is 471 g/mol. The van der Waals surface area contributed by atoms with Gasteiger partial charge in [0.05, 0.1) is 18.7 Å². The molecule has 1 saturated carbocycles. The highest BCUT2D eigenvalue weighted by Crippen LogP contribution is 2.30. The smallest absolute Gasteiger partial charge is 0.341 e. The molecule has 2 N–H and O–H groups in total. The zero-order valence-electron chi connectivity index (χ0n) is 19.8. The van der Waals surface area contributed by atoms with Crippen LogP contribution < -0.4 is 10.6 Å². The van der Waals surface area contributed by atoms with Gasteiger partial charge in [-0.05, 0) is 63.3 Å². The van der Waals surface area contributed by atoms with Crippen LogP contribution in [0.25, 0.3) is 0 Å². The molecule has 2 amide bonds. The molecule has 1 fully saturated rings.